The molecule has 0 N–H and O–H groups in total. The first-order valence-corrected chi connectivity index (χ1v) is 6.53. The summed E-state index contributed by atoms with van der Waals surface area (Å²) in [5.74, 6) is 0. The first-order valence-electron chi connectivity index (χ1n) is 4.05. The highest BCUT2D eigenvalue weighted by Crippen LogP contribution is 2.27. The second-order valence-corrected chi connectivity index (χ2v) is 4.83. The number of benzene rings is 1. The van der Waals surface area contributed by atoms with Crippen molar-refractivity contribution >= 4 is 34.7 Å². The van der Waals surface area contributed by atoms with Crippen LogP contribution in [-0.2, 0) is 0 Å². The van der Waals surface area contributed by atoms with E-state index in [1.165, 1.54) is 4.90 Å². The maximum absolute atomic E-state index is 5.76. The lowest BCUT2D eigenvalue weighted by molar-refractivity contribution is 1.39. The van der Waals surface area contributed by atoms with Crippen LogP contribution >= 0.6 is 34.7 Å². The van der Waals surface area contributed by atoms with Crippen molar-refractivity contribution in [2.45, 2.75) is 4.90 Å². The lowest BCUT2D eigenvalue weighted by atomic mass is 10.2. The first kappa shape index (κ1) is 10.0. The molecule has 0 aliphatic heterocycles. The molecule has 0 saturated heterocycles. The van der Waals surface area contributed by atoms with Gasteiger partial charge in [-0.2, -0.15) is 0 Å². The summed E-state index contributed by atoms with van der Waals surface area (Å²) in [4.78, 5) is 5.47. The summed E-state index contributed by atoms with van der Waals surface area (Å²) in [6, 6.07) is 8.33. The smallest absolute Gasteiger partial charge is 0.140 e. The third-order valence-corrected chi connectivity index (χ3v) is 3.77. The third-order valence-electron chi connectivity index (χ3n) is 1.81. The van der Waals surface area contributed by atoms with Crippen molar-refractivity contribution in [3.8, 4) is 10.6 Å². The standard InChI is InChI=1S/C10H8ClNS2/c1-13-8-4-2-7(3-5-8)10-12-9(11)6-14-10/h2-6H,1H3. The Morgan fingerprint density at radius 3 is 2.50 bits per heavy atom. The Morgan fingerprint density at radius 1 is 1.29 bits per heavy atom. The Hall–Kier alpha value is -0.510. The minimum absolute atomic E-state index is 0.568. The number of rotatable bonds is 2. The molecule has 2 rings (SSSR count). The second-order valence-electron chi connectivity index (χ2n) is 2.70. The van der Waals surface area contributed by atoms with E-state index in [2.05, 4.69) is 35.5 Å². The zero-order chi connectivity index (χ0) is 9.97. The topological polar surface area (TPSA) is 12.9 Å². The Morgan fingerprint density at radius 2 is 2.00 bits per heavy atom. The molecule has 14 heavy (non-hydrogen) atoms. The highest BCUT2D eigenvalue weighted by molar-refractivity contribution is 7.98. The zero-order valence-electron chi connectivity index (χ0n) is 7.53. The van der Waals surface area contributed by atoms with Crippen LogP contribution in [0.3, 0.4) is 0 Å². The number of nitrogens with zero attached hydrogens (tertiary/aromatic N) is 1. The quantitative estimate of drug-likeness (QED) is 0.732. The largest absolute Gasteiger partial charge is 0.224 e. The summed E-state index contributed by atoms with van der Waals surface area (Å²) in [6.07, 6.45) is 2.06. The fourth-order valence-electron chi connectivity index (χ4n) is 1.12. The zero-order valence-corrected chi connectivity index (χ0v) is 9.92. The number of hydrogen-bond acceptors (Lipinski definition) is 3. The molecule has 0 bridgehead atoms. The molecule has 0 radical (unpaired) electrons. The van der Waals surface area contributed by atoms with Gasteiger partial charge in [-0.05, 0) is 18.4 Å². The molecule has 0 fully saturated rings. The van der Waals surface area contributed by atoms with Crippen molar-refractivity contribution in [2.75, 3.05) is 6.26 Å². The number of hydrogen-bond donors (Lipinski definition) is 0. The molecule has 0 unspecified atom stereocenters. The third kappa shape index (κ3) is 2.11. The summed E-state index contributed by atoms with van der Waals surface area (Å²) < 4.78 is 0. The minimum atomic E-state index is 0.568. The van der Waals surface area contributed by atoms with E-state index in [4.69, 9.17) is 11.6 Å². The van der Waals surface area contributed by atoms with E-state index in [1.807, 2.05) is 5.38 Å². The van der Waals surface area contributed by atoms with Crippen molar-refractivity contribution in [3.05, 3.63) is 34.8 Å². The van der Waals surface area contributed by atoms with Gasteiger partial charge in [0.2, 0.25) is 0 Å². The fraction of sp³-hybridized carbons (Fsp3) is 0.100. The van der Waals surface area contributed by atoms with Gasteiger partial charge in [-0.1, -0.05) is 23.7 Å². The fourth-order valence-corrected chi connectivity index (χ4v) is 2.48. The van der Waals surface area contributed by atoms with Crippen molar-refractivity contribution in [2.24, 2.45) is 0 Å². The van der Waals surface area contributed by atoms with Gasteiger partial charge in [-0.25, -0.2) is 4.98 Å². The van der Waals surface area contributed by atoms with Crippen LogP contribution in [0.1, 0.15) is 0 Å². The van der Waals surface area contributed by atoms with Crippen molar-refractivity contribution < 1.29 is 0 Å². The van der Waals surface area contributed by atoms with Crippen molar-refractivity contribution in [1.29, 1.82) is 0 Å². The predicted octanol–water partition coefficient (Wildman–Crippen LogP) is 4.19. The van der Waals surface area contributed by atoms with E-state index in [0.29, 0.717) is 5.15 Å². The van der Waals surface area contributed by atoms with E-state index in [0.717, 1.165) is 10.6 Å². The van der Waals surface area contributed by atoms with Crippen LogP contribution in [0.4, 0.5) is 0 Å². The average molecular weight is 242 g/mol. The van der Waals surface area contributed by atoms with Gasteiger partial charge in [0.05, 0.1) is 0 Å². The monoisotopic (exact) mass is 241 g/mol. The summed E-state index contributed by atoms with van der Waals surface area (Å²) in [5.41, 5.74) is 1.12. The average Bonchev–Trinajstić information content (AvgIpc) is 2.65. The van der Waals surface area contributed by atoms with Crippen LogP contribution in [0.5, 0.6) is 0 Å². The van der Waals surface area contributed by atoms with Crippen molar-refractivity contribution in [1.82, 2.24) is 4.98 Å². The van der Waals surface area contributed by atoms with Crippen molar-refractivity contribution in [3.63, 3.8) is 0 Å². The molecule has 1 heterocycles. The van der Waals surface area contributed by atoms with Crippen LogP contribution in [0.15, 0.2) is 34.5 Å². The predicted molar refractivity (Wildman–Crippen MR) is 64.3 cm³/mol. The molecule has 0 amide bonds. The van der Waals surface area contributed by atoms with Gasteiger partial charge in [-0.15, -0.1) is 23.1 Å². The molecule has 0 atom stereocenters. The lowest BCUT2D eigenvalue weighted by Gasteiger charge is -1.97. The van der Waals surface area contributed by atoms with E-state index < -0.39 is 0 Å². The van der Waals surface area contributed by atoms with Crippen LogP contribution in [-0.4, -0.2) is 11.2 Å². The van der Waals surface area contributed by atoms with Gasteiger partial charge >= 0.3 is 0 Å². The van der Waals surface area contributed by atoms with Gasteiger partial charge in [0.15, 0.2) is 0 Å². The molecule has 1 aromatic carbocycles. The summed E-state index contributed by atoms with van der Waals surface area (Å²) in [7, 11) is 0. The van der Waals surface area contributed by atoms with E-state index in [-0.39, 0.29) is 0 Å². The van der Waals surface area contributed by atoms with Crippen LogP contribution in [0.2, 0.25) is 5.15 Å². The minimum Gasteiger partial charge on any atom is -0.224 e. The van der Waals surface area contributed by atoms with Gasteiger partial charge in [0.25, 0.3) is 0 Å². The summed E-state index contributed by atoms with van der Waals surface area (Å²) >= 11 is 9.07. The molecular formula is C10H8ClNS2. The normalized spacial score (nSPS) is 10.4. The molecule has 72 valence electrons. The van der Waals surface area contributed by atoms with Gasteiger partial charge in [0, 0.05) is 15.8 Å². The molecule has 0 aliphatic carbocycles. The van der Waals surface area contributed by atoms with Gasteiger partial charge in [0.1, 0.15) is 10.2 Å². The molecule has 0 saturated carbocycles. The molecule has 1 aromatic heterocycles. The second kappa shape index (κ2) is 4.34. The van der Waals surface area contributed by atoms with Crippen LogP contribution in [0, 0.1) is 0 Å². The number of thioether (sulfide) groups is 1. The molecule has 2 aromatic rings. The van der Waals surface area contributed by atoms with E-state index in [9.17, 15) is 0 Å². The molecular weight excluding hydrogens is 234 g/mol. The summed E-state index contributed by atoms with van der Waals surface area (Å²) in [6.45, 7) is 0. The molecule has 1 nitrogen and oxygen atoms in total. The molecule has 4 heteroatoms. The number of halogens is 1. The Bertz CT molecular complexity index is 422. The Kier molecular flexibility index (Phi) is 3.11. The SMILES string of the molecule is CSc1ccc(-c2nc(Cl)cs2)cc1. The van der Waals surface area contributed by atoms with Gasteiger partial charge in [-0.3, -0.25) is 0 Å². The molecule has 0 spiro atoms. The lowest BCUT2D eigenvalue weighted by Crippen LogP contribution is -1.75. The molecule has 0 aliphatic rings. The Balaban J connectivity index is 2.33. The van der Waals surface area contributed by atoms with Crippen LogP contribution < -0.4 is 0 Å². The number of thiazole rings is 1. The highest BCUT2D eigenvalue weighted by Gasteiger charge is 2.02. The first-order chi connectivity index (χ1) is 6.79. The van der Waals surface area contributed by atoms with E-state index in [1.54, 1.807) is 23.1 Å². The maximum atomic E-state index is 5.76. The maximum Gasteiger partial charge on any atom is 0.140 e. The highest BCUT2D eigenvalue weighted by atomic mass is 35.5. The van der Waals surface area contributed by atoms with E-state index >= 15 is 0 Å². The number of aromatic nitrogens is 1. The van der Waals surface area contributed by atoms with Crippen LogP contribution in [0.25, 0.3) is 10.6 Å². The Labute approximate surface area is 96.1 Å². The van der Waals surface area contributed by atoms with Gasteiger partial charge < -0.3 is 0 Å². The summed E-state index contributed by atoms with van der Waals surface area (Å²) in [5, 5.41) is 3.39.